The molecule has 1 nitrogen and oxygen atoms in total. The Balaban J connectivity index is 1.85. The van der Waals surface area contributed by atoms with Crippen molar-refractivity contribution in [3.63, 3.8) is 0 Å². The molecule has 1 aliphatic rings. The zero-order valence-electron chi connectivity index (χ0n) is 9.54. The third kappa shape index (κ3) is 3.05. The van der Waals surface area contributed by atoms with E-state index >= 15 is 0 Å². The Morgan fingerprint density at radius 1 is 1.47 bits per heavy atom. The van der Waals surface area contributed by atoms with Crippen molar-refractivity contribution < 1.29 is 0 Å². The molecule has 0 amide bonds. The van der Waals surface area contributed by atoms with Crippen molar-refractivity contribution in [3.8, 4) is 0 Å². The van der Waals surface area contributed by atoms with E-state index in [9.17, 15) is 0 Å². The van der Waals surface area contributed by atoms with Crippen molar-refractivity contribution in [2.24, 2.45) is 5.92 Å². The molecule has 0 aliphatic heterocycles. The van der Waals surface area contributed by atoms with E-state index in [-0.39, 0.29) is 0 Å². The van der Waals surface area contributed by atoms with Crippen LogP contribution >= 0.6 is 11.3 Å². The third-order valence-corrected chi connectivity index (χ3v) is 4.13. The normalized spacial score (nSPS) is 25.9. The molecule has 2 rings (SSSR count). The standard InChI is InChI=1S/C13H21NS/c1-2-7-14-13-5-3-4-12(13)9-11-6-8-15-10-11/h6,8,10,12-14H,2-5,7,9H2,1H3. The first-order valence-corrected chi connectivity index (χ1v) is 7.09. The van der Waals surface area contributed by atoms with Crippen molar-refractivity contribution in [2.75, 3.05) is 6.54 Å². The second kappa shape index (κ2) is 5.66. The van der Waals surface area contributed by atoms with Crippen LogP contribution in [0.5, 0.6) is 0 Å². The SMILES string of the molecule is CCCNC1CCCC1Cc1ccsc1. The van der Waals surface area contributed by atoms with E-state index in [1.54, 1.807) is 0 Å². The minimum Gasteiger partial charge on any atom is -0.314 e. The fourth-order valence-electron chi connectivity index (χ4n) is 2.59. The maximum Gasteiger partial charge on any atom is 0.00985 e. The van der Waals surface area contributed by atoms with Gasteiger partial charge in [-0.15, -0.1) is 0 Å². The molecule has 84 valence electrons. The molecule has 0 bridgehead atoms. The highest BCUT2D eigenvalue weighted by atomic mass is 32.1. The Morgan fingerprint density at radius 2 is 2.40 bits per heavy atom. The Hall–Kier alpha value is -0.340. The molecule has 1 saturated carbocycles. The van der Waals surface area contributed by atoms with Gasteiger partial charge in [0.25, 0.3) is 0 Å². The van der Waals surface area contributed by atoms with Gasteiger partial charge in [0.1, 0.15) is 0 Å². The monoisotopic (exact) mass is 223 g/mol. The first-order valence-electron chi connectivity index (χ1n) is 6.14. The molecule has 2 unspecified atom stereocenters. The summed E-state index contributed by atoms with van der Waals surface area (Å²) in [6.07, 6.45) is 6.74. The average molecular weight is 223 g/mol. The maximum absolute atomic E-state index is 3.70. The van der Waals surface area contributed by atoms with Crippen molar-refractivity contribution in [2.45, 2.75) is 45.1 Å². The summed E-state index contributed by atoms with van der Waals surface area (Å²) in [5.41, 5.74) is 1.54. The molecule has 0 aromatic carbocycles. The second-order valence-electron chi connectivity index (χ2n) is 4.59. The molecule has 1 aromatic heterocycles. The lowest BCUT2D eigenvalue weighted by Gasteiger charge is -2.20. The summed E-state index contributed by atoms with van der Waals surface area (Å²) in [6.45, 7) is 3.43. The van der Waals surface area contributed by atoms with E-state index in [0.717, 1.165) is 12.0 Å². The van der Waals surface area contributed by atoms with Crippen molar-refractivity contribution in [3.05, 3.63) is 22.4 Å². The fraction of sp³-hybridized carbons (Fsp3) is 0.692. The smallest absolute Gasteiger partial charge is 0.00985 e. The van der Waals surface area contributed by atoms with Crippen LogP contribution in [0.4, 0.5) is 0 Å². The zero-order chi connectivity index (χ0) is 10.5. The van der Waals surface area contributed by atoms with Gasteiger partial charge in [0.15, 0.2) is 0 Å². The minimum atomic E-state index is 0.782. The summed E-state index contributed by atoms with van der Waals surface area (Å²) in [7, 11) is 0. The predicted octanol–water partition coefficient (Wildman–Crippen LogP) is 3.46. The van der Waals surface area contributed by atoms with Crippen LogP contribution in [0.25, 0.3) is 0 Å². The van der Waals surface area contributed by atoms with E-state index in [1.807, 2.05) is 11.3 Å². The van der Waals surface area contributed by atoms with E-state index in [2.05, 4.69) is 29.1 Å². The van der Waals surface area contributed by atoms with Gasteiger partial charge in [-0.1, -0.05) is 13.3 Å². The van der Waals surface area contributed by atoms with Gasteiger partial charge in [-0.25, -0.2) is 0 Å². The fourth-order valence-corrected chi connectivity index (χ4v) is 3.27. The van der Waals surface area contributed by atoms with Crippen LogP contribution in [0.1, 0.15) is 38.2 Å². The average Bonchev–Trinajstić information content (AvgIpc) is 2.87. The first kappa shape index (κ1) is 11.2. The molecule has 1 N–H and O–H groups in total. The summed E-state index contributed by atoms with van der Waals surface area (Å²) in [5, 5.41) is 8.19. The van der Waals surface area contributed by atoms with Crippen LogP contribution in [0.3, 0.4) is 0 Å². The molecule has 2 heteroatoms. The second-order valence-corrected chi connectivity index (χ2v) is 5.37. The van der Waals surface area contributed by atoms with Gasteiger partial charge in [0.2, 0.25) is 0 Å². The van der Waals surface area contributed by atoms with Crippen LogP contribution in [0, 0.1) is 5.92 Å². The molecule has 0 spiro atoms. The van der Waals surface area contributed by atoms with E-state index in [4.69, 9.17) is 0 Å². The Morgan fingerprint density at radius 3 is 3.13 bits per heavy atom. The first-order chi connectivity index (χ1) is 7.40. The molecular formula is C13H21NS. The van der Waals surface area contributed by atoms with Crippen molar-refractivity contribution in [1.82, 2.24) is 5.32 Å². The highest BCUT2D eigenvalue weighted by Crippen LogP contribution is 2.29. The van der Waals surface area contributed by atoms with Crippen LogP contribution in [-0.2, 0) is 6.42 Å². The quantitative estimate of drug-likeness (QED) is 0.806. The van der Waals surface area contributed by atoms with Crippen molar-refractivity contribution >= 4 is 11.3 Å². The molecule has 2 atom stereocenters. The summed E-state index contributed by atoms with van der Waals surface area (Å²) in [4.78, 5) is 0. The predicted molar refractivity (Wildman–Crippen MR) is 67.4 cm³/mol. The highest BCUT2D eigenvalue weighted by Gasteiger charge is 2.26. The molecular weight excluding hydrogens is 202 g/mol. The van der Waals surface area contributed by atoms with Gasteiger partial charge in [-0.3, -0.25) is 0 Å². The van der Waals surface area contributed by atoms with Gasteiger partial charge in [-0.05, 0) is 60.5 Å². The minimum absolute atomic E-state index is 0.782. The zero-order valence-corrected chi connectivity index (χ0v) is 10.4. The van der Waals surface area contributed by atoms with Gasteiger partial charge in [0.05, 0.1) is 0 Å². The molecule has 1 aromatic rings. The molecule has 1 heterocycles. The molecule has 1 aliphatic carbocycles. The number of thiophene rings is 1. The van der Waals surface area contributed by atoms with E-state index < -0.39 is 0 Å². The largest absolute Gasteiger partial charge is 0.314 e. The lowest BCUT2D eigenvalue weighted by molar-refractivity contribution is 0.399. The molecule has 1 fully saturated rings. The van der Waals surface area contributed by atoms with Crippen LogP contribution in [0.2, 0.25) is 0 Å². The lowest BCUT2D eigenvalue weighted by Crippen LogP contribution is -2.33. The lowest BCUT2D eigenvalue weighted by atomic mass is 9.96. The number of hydrogen-bond acceptors (Lipinski definition) is 2. The summed E-state index contributed by atoms with van der Waals surface area (Å²) in [6, 6.07) is 3.06. The Kier molecular flexibility index (Phi) is 4.21. The highest BCUT2D eigenvalue weighted by molar-refractivity contribution is 7.07. The molecule has 15 heavy (non-hydrogen) atoms. The number of rotatable bonds is 5. The Bertz CT molecular complexity index is 268. The van der Waals surface area contributed by atoms with Crippen LogP contribution in [0.15, 0.2) is 16.8 Å². The number of hydrogen-bond donors (Lipinski definition) is 1. The summed E-state index contributed by atoms with van der Waals surface area (Å²) < 4.78 is 0. The maximum atomic E-state index is 3.70. The van der Waals surface area contributed by atoms with Gasteiger partial charge in [0, 0.05) is 6.04 Å². The number of nitrogens with one attached hydrogen (secondary N) is 1. The van der Waals surface area contributed by atoms with Gasteiger partial charge in [-0.2, -0.15) is 11.3 Å². The third-order valence-electron chi connectivity index (χ3n) is 3.39. The van der Waals surface area contributed by atoms with E-state index in [0.29, 0.717) is 0 Å². The van der Waals surface area contributed by atoms with Crippen LogP contribution in [-0.4, -0.2) is 12.6 Å². The summed E-state index contributed by atoms with van der Waals surface area (Å²) >= 11 is 1.82. The topological polar surface area (TPSA) is 12.0 Å². The Labute approximate surface area is 96.9 Å². The van der Waals surface area contributed by atoms with E-state index in [1.165, 1.54) is 44.2 Å². The van der Waals surface area contributed by atoms with Gasteiger partial charge < -0.3 is 5.32 Å². The summed E-state index contributed by atoms with van der Waals surface area (Å²) in [5.74, 6) is 0.881. The van der Waals surface area contributed by atoms with Gasteiger partial charge >= 0.3 is 0 Å². The molecule has 0 radical (unpaired) electrons. The van der Waals surface area contributed by atoms with Crippen LogP contribution < -0.4 is 5.32 Å². The van der Waals surface area contributed by atoms with Crippen molar-refractivity contribution in [1.29, 1.82) is 0 Å². The molecule has 0 saturated heterocycles.